The van der Waals surface area contributed by atoms with Crippen LogP contribution in [-0.4, -0.2) is 17.5 Å². The highest BCUT2D eigenvalue weighted by atomic mass is 16.1. The van der Waals surface area contributed by atoms with Gasteiger partial charge in [-0.15, -0.1) is 0 Å². The van der Waals surface area contributed by atoms with Crippen LogP contribution in [0.2, 0.25) is 0 Å². The maximum absolute atomic E-state index is 11.7. The fraction of sp³-hybridized carbons (Fsp3) is 0.533. The zero-order valence-electron chi connectivity index (χ0n) is 10.7. The predicted molar refractivity (Wildman–Crippen MR) is 71.0 cm³/mol. The van der Waals surface area contributed by atoms with Gasteiger partial charge in [-0.1, -0.05) is 30.3 Å². The average molecular weight is 244 g/mol. The van der Waals surface area contributed by atoms with Gasteiger partial charge in [0.2, 0.25) is 5.91 Å². The maximum atomic E-state index is 11.7. The number of primary amides is 1. The van der Waals surface area contributed by atoms with Crippen molar-refractivity contribution in [1.82, 2.24) is 5.32 Å². The molecule has 2 aliphatic rings. The Morgan fingerprint density at radius 1 is 1.33 bits per heavy atom. The zero-order chi connectivity index (χ0) is 12.8. The van der Waals surface area contributed by atoms with Crippen LogP contribution < -0.4 is 11.1 Å². The van der Waals surface area contributed by atoms with Gasteiger partial charge in [0.05, 0.1) is 5.54 Å². The van der Waals surface area contributed by atoms with E-state index in [-0.39, 0.29) is 5.91 Å². The second kappa shape index (κ2) is 4.09. The Morgan fingerprint density at radius 3 is 2.56 bits per heavy atom. The summed E-state index contributed by atoms with van der Waals surface area (Å²) >= 11 is 0. The third-order valence-corrected chi connectivity index (χ3v) is 4.41. The number of nitrogens with one attached hydrogen (secondary N) is 1. The Labute approximate surface area is 108 Å². The molecule has 0 radical (unpaired) electrons. The molecule has 3 atom stereocenters. The lowest BCUT2D eigenvalue weighted by Gasteiger charge is -2.28. The first-order valence-corrected chi connectivity index (χ1v) is 6.74. The molecule has 1 aromatic rings. The van der Waals surface area contributed by atoms with Gasteiger partial charge in [-0.05, 0) is 37.7 Å². The minimum Gasteiger partial charge on any atom is -0.368 e. The molecule has 0 saturated heterocycles. The predicted octanol–water partition coefficient (Wildman–Crippen LogP) is 1.79. The molecular formula is C15H20N2O. The van der Waals surface area contributed by atoms with E-state index in [1.165, 1.54) is 5.56 Å². The summed E-state index contributed by atoms with van der Waals surface area (Å²) in [7, 11) is 0. The molecule has 3 N–H and O–H groups in total. The molecule has 3 heteroatoms. The highest BCUT2D eigenvalue weighted by molar-refractivity contribution is 5.85. The van der Waals surface area contributed by atoms with Crippen LogP contribution in [0.3, 0.4) is 0 Å². The molecule has 0 aliphatic heterocycles. The van der Waals surface area contributed by atoms with E-state index in [1.807, 2.05) is 13.0 Å². The monoisotopic (exact) mass is 244 g/mol. The number of amides is 1. The summed E-state index contributed by atoms with van der Waals surface area (Å²) in [5.74, 6) is 0.777. The molecule has 2 saturated carbocycles. The average Bonchev–Trinajstić information content (AvgIpc) is 3.24. The van der Waals surface area contributed by atoms with Gasteiger partial charge in [0.25, 0.3) is 0 Å². The largest absolute Gasteiger partial charge is 0.368 e. The topological polar surface area (TPSA) is 55.1 Å². The summed E-state index contributed by atoms with van der Waals surface area (Å²) in [6.45, 7) is 1.97. The number of rotatable bonds is 5. The van der Waals surface area contributed by atoms with Crippen LogP contribution in [0.5, 0.6) is 0 Å². The maximum Gasteiger partial charge on any atom is 0.237 e. The van der Waals surface area contributed by atoms with E-state index >= 15 is 0 Å². The Bertz CT molecular complexity index is 455. The second-order valence-electron chi connectivity index (χ2n) is 5.84. The Balaban J connectivity index is 1.67. The van der Waals surface area contributed by atoms with E-state index in [4.69, 9.17) is 5.73 Å². The van der Waals surface area contributed by atoms with E-state index in [0.717, 1.165) is 19.3 Å². The standard InChI is InChI=1S/C15H20N2O/c1-15(14(16)18,11-7-8-11)17-13-9-12(13)10-5-3-2-4-6-10/h2-6,11-13,17H,7-9H2,1H3,(H2,16,18). The molecule has 0 aromatic heterocycles. The fourth-order valence-corrected chi connectivity index (χ4v) is 2.86. The first-order chi connectivity index (χ1) is 8.61. The van der Waals surface area contributed by atoms with Gasteiger partial charge in [-0.2, -0.15) is 0 Å². The molecule has 2 aliphatic carbocycles. The third kappa shape index (κ3) is 2.03. The van der Waals surface area contributed by atoms with Crippen molar-refractivity contribution in [1.29, 1.82) is 0 Å². The molecule has 18 heavy (non-hydrogen) atoms. The quantitative estimate of drug-likeness (QED) is 0.829. The smallest absolute Gasteiger partial charge is 0.237 e. The van der Waals surface area contributed by atoms with Crippen molar-refractivity contribution >= 4 is 5.91 Å². The Kier molecular flexibility index (Phi) is 2.67. The summed E-state index contributed by atoms with van der Waals surface area (Å²) in [6, 6.07) is 10.9. The molecule has 3 unspecified atom stereocenters. The second-order valence-corrected chi connectivity index (χ2v) is 5.84. The van der Waals surface area contributed by atoms with Gasteiger partial charge in [0, 0.05) is 12.0 Å². The first-order valence-electron chi connectivity index (χ1n) is 6.74. The normalized spacial score (nSPS) is 29.6. The van der Waals surface area contributed by atoms with E-state index in [9.17, 15) is 4.79 Å². The van der Waals surface area contributed by atoms with Crippen LogP contribution in [0.15, 0.2) is 30.3 Å². The number of hydrogen-bond donors (Lipinski definition) is 2. The van der Waals surface area contributed by atoms with E-state index in [0.29, 0.717) is 17.9 Å². The number of carbonyl (C=O) groups excluding carboxylic acids is 1. The van der Waals surface area contributed by atoms with Crippen LogP contribution >= 0.6 is 0 Å². The Hall–Kier alpha value is -1.35. The molecule has 3 nitrogen and oxygen atoms in total. The highest BCUT2D eigenvalue weighted by Gasteiger charge is 2.51. The number of hydrogen-bond acceptors (Lipinski definition) is 2. The minimum absolute atomic E-state index is 0.205. The van der Waals surface area contributed by atoms with Crippen LogP contribution in [0.25, 0.3) is 0 Å². The molecule has 1 amide bonds. The van der Waals surface area contributed by atoms with Crippen LogP contribution in [0.4, 0.5) is 0 Å². The molecule has 2 fully saturated rings. The van der Waals surface area contributed by atoms with Gasteiger partial charge in [0.1, 0.15) is 0 Å². The van der Waals surface area contributed by atoms with Gasteiger partial charge in [0.15, 0.2) is 0 Å². The van der Waals surface area contributed by atoms with Crippen molar-refractivity contribution in [3.63, 3.8) is 0 Å². The third-order valence-electron chi connectivity index (χ3n) is 4.41. The van der Waals surface area contributed by atoms with Crippen LogP contribution in [-0.2, 0) is 4.79 Å². The number of nitrogens with two attached hydrogens (primary N) is 1. The Morgan fingerprint density at radius 2 is 2.00 bits per heavy atom. The molecule has 0 heterocycles. The first kappa shape index (κ1) is 11.7. The summed E-state index contributed by atoms with van der Waals surface area (Å²) in [4.78, 5) is 11.7. The molecular weight excluding hydrogens is 224 g/mol. The van der Waals surface area contributed by atoms with Gasteiger partial charge in [-0.25, -0.2) is 0 Å². The van der Waals surface area contributed by atoms with E-state index in [1.54, 1.807) is 0 Å². The van der Waals surface area contributed by atoms with Crippen molar-refractivity contribution in [2.75, 3.05) is 0 Å². The van der Waals surface area contributed by atoms with E-state index in [2.05, 4.69) is 29.6 Å². The van der Waals surface area contributed by atoms with E-state index < -0.39 is 5.54 Å². The number of carbonyl (C=O) groups is 1. The summed E-state index contributed by atoms with van der Waals surface area (Å²) in [5, 5.41) is 3.50. The number of benzene rings is 1. The van der Waals surface area contributed by atoms with Crippen molar-refractivity contribution in [3.8, 4) is 0 Å². The molecule has 96 valence electrons. The van der Waals surface area contributed by atoms with Gasteiger partial charge in [-0.3, -0.25) is 10.1 Å². The van der Waals surface area contributed by atoms with Crippen molar-refractivity contribution in [2.24, 2.45) is 11.7 Å². The van der Waals surface area contributed by atoms with Gasteiger partial charge < -0.3 is 5.73 Å². The molecule has 0 spiro atoms. The van der Waals surface area contributed by atoms with Crippen molar-refractivity contribution < 1.29 is 4.79 Å². The lowest BCUT2D eigenvalue weighted by atomic mass is 9.94. The summed E-state index contributed by atoms with van der Waals surface area (Å²) in [6.07, 6.45) is 3.35. The van der Waals surface area contributed by atoms with Crippen molar-refractivity contribution in [3.05, 3.63) is 35.9 Å². The molecule has 3 rings (SSSR count). The van der Waals surface area contributed by atoms with Gasteiger partial charge >= 0.3 is 0 Å². The van der Waals surface area contributed by atoms with Crippen molar-refractivity contribution in [2.45, 2.75) is 43.7 Å². The lowest BCUT2D eigenvalue weighted by molar-refractivity contribution is -0.124. The lowest BCUT2D eigenvalue weighted by Crippen LogP contribution is -2.56. The molecule has 0 bridgehead atoms. The highest BCUT2D eigenvalue weighted by Crippen LogP contribution is 2.46. The summed E-state index contributed by atoms with van der Waals surface area (Å²) < 4.78 is 0. The molecule has 1 aromatic carbocycles. The van der Waals surface area contributed by atoms with Crippen LogP contribution in [0.1, 0.15) is 37.7 Å². The zero-order valence-corrected chi connectivity index (χ0v) is 10.7. The SMILES string of the molecule is CC(NC1CC1c1ccccc1)(C(N)=O)C1CC1. The summed E-state index contributed by atoms with van der Waals surface area (Å²) in [5.41, 5.74) is 6.42. The fourth-order valence-electron chi connectivity index (χ4n) is 2.86. The minimum atomic E-state index is -0.506. The van der Waals surface area contributed by atoms with Crippen LogP contribution in [0, 0.1) is 5.92 Å².